The fraction of sp³-hybridized carbons (Fsp3) is 0.261. The van der Waals surface area contributed by atoms with Crippen LogP contribution in [0, 0.1) is 0 Å². The van der Waals surface area contributed by atoms with Crippen LogP contribution in [0.5, 0.6) is 0 Å². The molecule has 0 aromatic heterocycles. The first kappa shape index (κ1) is 29.1. The molecule has 1 unspecified atom stereocenters. The summed E-state index contributed by atoms with van der Waals surface area (Å²) < 4.78 is 51.5. The Labute approximate surface area is 218 Å². The average molecular weight is 552 g/mol. The number of sulfonamides is 1. The molecule has 0 fully saturated rings. The van der Waals surface area contributed by atoms with E-state index in [0.717, 1.165) is 0 Å². The molecule has 36 heavy (non-hydrogen) atoms. The molecule has 0 saturated carbocycles. The number of hydrogen-bond donors (Lipinski definition) is 4. The lowest BCUT2D eigenvalue weighted by Gasteiger charge is -2.15. The molecule has 0 aliphatic rings. The lowest BCUT2D eigenvalue weighted by Crippen LogP contribution is -2.34. The Morgan fingerprint density at radius 3 is 2.19 bits per heavy atom. The molecule has 0 radical (unpaired) electrons. The zero-order valence-corrected chi connectivity index (χ0v) is 22.5. The maximum atomic E-state index is 13.0. The minimum absolute atomic E-state index is 0.0376. The first-order chi connectivity index (χ1) is 16.8. The van der Waals surface area contributed by atoms with Crippen molar-refractivity contribution < 1.29 is 26.8 Å². The summed E-state index contributed by atoms with van der Waals surface area (Å²) >= 11 is 2.59. The van der Waals surface area contributed by atoms with Gasteiger partial charge in [0.1, 0.15) is 0 Å². The SMILES string of the molecule is CCC(=O)NS(=O)(=O)c1cc(NC(=S)NC(C)C)ccc1/C=C/c1ccc(NC(C)=O)cc1S(=O)[O-]. The van der Waals surface area contributed by atoms with E-state index >= 15 is 0 Å². The molecule has 10 nitrogen and oxygen atoms in total. The Morgan fingerprint density at radius 2 is 1.64 bits per heavy atom. The molecule has 2 aromatic carbocycles. The van der Waals surface area contributed by atoms with Gasteiger partial charge in [0, 0.05) is 35.7 Å². The predicted octanol–water partition coefficient (Wildman–Crippen LogP) is 2.96. The number of carbonyl (C=O) groups excluding carboxylic acids is 2. The van der Waals surface area contributed by atoms with Crippen LogP contribution in [0.25, 0.3) is 12.2 Å². The number of carbonyl (C=O) groups is 2. The van der Waals surface area contributed by atoms with Gasteiger partial charge in [0.2, 0.25) is 11.8 Å². The molecule has 2 amide bonds. The Hall–Kier alpha value is -3.13. The summed E-state index contributed by atoms with van der Waals surface area (Å²) in [6.07, 6.45) is 2.81. The summed E-state index contributed by atoms with van der Waals surface area (Å²) in [4.78, 5) is 22.8. The smallest absolute Gasteiger partial charge is 0.264 e. The maximum absolute atomic E-state index is 13.0. The number of anilines is 2. The number of thiocarbonyl (C=S) groups is 1. The van der Waals surface area contributed by atoms with E-state index in [0.29, 0.717) is 11.4 Å². The molecule has 1 atom stereocenters. The topological polar surface area (TPSA) is 157 Å². The van der Waals surface area contributed by atoms with Gasteiger partial charge in [-0.05, 0) is 72.5 Å². The van der Waals surface area contributed by atoms with Gasteiger partial charge in [-0.25, -0.2) is 13.1 Å². The number of amides is 2. The third kappa shape index (κ3) is 8.52. The second-order valence-electron chi connectivity index (χ2n) is 7.89. The van der Waals surface area contributed by atoms with Crippen LogP contribution in [-0.2, 0) is 30.7 Å². The van der Waals surface area contributed by atoms with Gasteiger partial charge in [-0.3, -0.25) is 13.8 Å². The average Bonchev–Trinajstić information content (AvgIpc) is 2.77. The van der Waals surface area contributed by atoms with Gasteiger partial charge in [0.25, 0.3) is 10.0 Å². The van der Waals surface area contributed by atoms with Crippen molar-refractivity contribution in [2.24, 2.45) is 0 Å². The third-order valence-corrected chi connectivity index (χ3v) is 6.87. The Bertz CT molecular complexity index is 1320. The lowest BCUT2D eigenvalue weighted by molar-refractivity contribution is -0.119. The van der Waals surface area contributed by atoms with E-state index in [4.69, 9.17) is 12.2 Å². The molecule has 0 spiro atoms. The fourth-order valence-corrected chi connectivity index (χ4v) is 5.15. The largest absolute Gasteiger partial charge is 0.768 e. The first-order valence-corrected chi connectivity index (χ1v) is 13.7. The molecule has 0 saturated heterocycles. The van der Waals surface area contributed by atoms with Crippen LogP contribution in [0.1, 0.15) is 45.2 Å². The highest BCUT2D eigenvalue weighted by Crippen LogP contribution is 2.25. The molecule has 0 aliphatic carbocycles. The van der Waals surface area contributed by atoms with Crippen LogP contribution in [0.15, 0.2) is 46.2 Å². The van der Waals surface area contributed by atoms with Crippen molar-refractivity contribution >= 4 is 73.8 Å². The van der Waals surface area contributed by atoms with Gasteiger partial charge >= 0.3 is 0 Å². The lowest BCUT2D eigenvalue weighted by atomic mass is 10.1. The zero-order valence-electron chi connectivity index (χ0n) is 20.1. The quantitative estimate of drug-likeness (QED) is 0.209. The van der Waals surface area contributed by atoms with Crippen molar-refractivity contribution in [3.63, 3.8) is 0 Å². The van der Waals surface area contributed by atoms with Crippen molar-refractivity contribution in [2.75, 3.05) is 10.6 Å². The van der Waals surface area contributed by atoms with Crippen molar-refractivity contribution in [3.05, 3.63) is 47.5 Å². The Kier molecular flexibility index (Phi) is 10.3. The predicted molar refractivity (Wildman–Crippen MR) is 143 cm³/mol. The van der Waals surface area contributed by atoms with E-state index in [1.165, 1.54) is 56.3 Å². The van der Waals surface area contributed by atoms with E-state index in [1.54, 1.807) is 6.07 Å². The first-order valence-electron chi connectivity index (χ1n) is 10.8. The molecule has 13 heteroatoms. The van der Waals surface area contributed by atoms with Crippen LogP contribution >= 0.6 is 12.2 Å². The van der Waals surface area contributed by atoms with Crippen molar-refractivity contribution in [3.8, 4) is 0 Å². The summed E-state index contributed by atoms with van der Waals surface area (Å²) in [5.41, 5.74) is 1.14. The molecular formula is C23H27N4O6S3-. The standard InChI is InChI=1S/C23H28N4O6S3/c1-5-22(29)27-36(32,33)21-13-19(26-23(34)24-14(2)3)11-9-17(21)7-6-16-8-10-18(25-15(4)28)12-20(16)35(30)31/h6-14H,5H2,1-4H3,(H,25,28)(H,27,29)(H,30,31)(H2,24,26,34)/p-1/b7-6+. The molecule has 0 bridgehead atoms. The van der Waals surface area contributed by atoms with Gasteiger partial charge in [0.15, 0.2) is 5.11 Å². The van der Waals surface area contributed by atoms with Crippen molar-refractivity contribution in [2.45, 2.75) is 49.9 Å². The molecule has 0 aliphatic heterocycles. The van der Waals surface area contributed by atoms with Crippen molar-refractivity contribution in [1.29, 1.82) is 0 Å². The van der Waals surface area contributed by atoms with E-state index < -0.39 is 27.0 Å². The summed E-state index contributed by atoms with van der Waals surface area (Å²) in [5.74, 6) is -1.04. The van der Waals surface area contributed by atoms with E-state index in [9.17, 15) is 26.8 Å². The Balaban J connectivity index is 2.53. The summed E-state index contributed by atoms with van der Waals surface area (Å²) in [7, 11) is -4.26. The van der Waals surface area contributed by atoms with Crippen molar-refractivity contribution in [1.82, 2.24) is 10.0 Å². The molecule has 194 valence electrons. The van der Waals surface area contributed by atoms with Crippen LogP contribution in [-0.4, -0.2) is 40.1 Å². The van der Waals surface area contributed by atoms with Crippen LogP contribution in [0.3, 0.4) is 0 Å². The number of benzene rings is 2. The van der Waals surface area contributed by atoms with Gasteiger partial charge in [-0.1, -0.05) is 31.2 Å². The van der Waals surface area contributed by atoms with E-state index in [-0.39, 0.29) is 44.4 Å². The van der Waals surface area contributed by atoms with Gasteiger partial charge in [-0.15, -0.1) is 0 Å². The van der Waals surface area contributed by atoms with Gasteiger partial charge in [0.05, 0.1) is 4.90 Å². The monoisotopic (exact) mass is 551 g/mol. The summed E-state index contributed by atoms with van der Waals surface area (Å²) in [5, 5.41) is 8.69. The highest BCUT2D eigenvalue weighted by molar-refractivity contribution is 7.90. The molecule has 0 heterocycles. The minimum Gasteiger partial charge on any atom is -0.768 e. The zero-order chi connectivity index (χ0) is 27.0. The minimum atomic E-state index is -4.26. The number of rotatable bonds is 9. The van der Waals surface area contributed by atoms with Crippen LogP contribution < -0.4 is 20.7 Å². The molecule has 2 aromatic rings. The third-order valence-electron chi connectivity index (χ3n) is 4.51. The number of hydrogen-bond acceptors (Lipinski definition) is 7. The highest BCUT2D eigenvalue weighted by atomic mass is 32.2. The second kappa shape index (κ2) is 12.7. The summed E-state index contributed by atoms with van der Waals surface area (Å²) in [6, 6.07) is 8.77. The van der Waals surface area contributed by atoms with E-state index in [1.807, 2.05) is 18.6 Å². The molecular weight excluding hydrogens is 524 g/mol. The highest BCUT2D eigenvalue weighted by Gasteiger charge is 2.21. The fourth-order valence-electron chi connectivity index (χ4n) is 2.97. The van der Waals surface area contributed by atoms with Gasteiger partial charge in [-0.2, -0.15) is 0 Å². The number of nitrogens with one attached hydrogen (secondary N) is 4. The Morgan fingerprint density at radius 1 is 1.06 bits per heavy atom. The van der Waals surface area contributed by atoms with Crippen LogP contribution in [0.4, 0.5) is 11.4 Å². The maximum Gasteiger partial charge on any atom is 0.264 e. The van der Waals surface area contributed by atoms with Crippen LogP contribution in [0.2, 0.25) is 0 Å². The van der Waals surface area contributed by atoms with E-state index in [2.05, 4.69) is 16.0 Å². The summed E-state index contributed by atoms with van der Waals surface area (Å²) in [6.45, 7) is 6.60. The van der Waals surface area contributed by atoms with Gasteiger partial charge < -0.3 is 20.5 Å². The molecule has 4 N–H and O–H groups in total. The molecule has 2 rings (SSSR count). The second-order valence-corrected chi connectivity index (χ2v) is 10.9. The normalized spacial score (nSPS) is 12.3.